The molecule has 1 aromatic carbocycles. The molecular formula is C15H15NO3S. The van der Waals surface area contributed by atoms with Crippen LogP contribution in [0, 0.1) is 0 Å². The van der Waals surface area contributed by atoms with E-state index in [2.05, 4.69) is 11.4 Å². The van der Waals surface area contributed by atoms with E-state index in [0.717, 1.165) is 6.42 Å². The molecule has 0 unspecified atom stereocenters. The van der Waals surface area contributed by atoms with Crippen LogP contribution in [0.15, 0.2) is 35.7 Å². The molecule has 2 heterocycles. The molecule has 0 bridgehead atoms. The molecule has 104 valence electrons. The van der Waals surface area contributed by atoms with Crippen LogP contribution in [0.1, 0.15) is 15.2 Å². The van der Waals surface area contributed by atoms with E-state index in [1.165, 1.54) is 4.88 Å². The summed E-state index contributed by atoms with van der Waals surface area (Å²) in [5.41, 5.74) is 0.628. The first-order valence-electron chi connectivity index (χ1n) is 6.41. The van der Waals surface area contributed by atoms with Crippen LogP contribution in [0.25, 0.3) is 0 Å². The van der Waals surface area contributed by atoms with Crippen LogP contribution in [-0.4, -0.2) is 31.2 Å². The van der Waals surface area contributed by atoms with Crippen molar-refractivity contribution in [2.45, 2.75) is 6.42 Å². The number of likely N-dealkylation sites (N-methyl/N-ethyl adjacent to an activating group) is 1. The molecular weight excluding hydrogens is 274 g/mol. The number of benzene rings is 1. The largest absolute Gasteiger partial charge is 0.454 e. The molecule has 0 fully saturated rings. The molecule has 20 heavy (non-hydrogen) atoms. The van der Waals surface area contributed by atoms with Crippen molar-refractivity contribution in [1.29, 1.82) is 0 Å². The van der Waals surface area contributed by atoms with Crippen LogP contribution in [0.4, 0.5) is 0 Å². The van der Waals surface area contributed by atoms with E-state index in [9.17, 15) is 4.79 Å². The average Bonchev–Trinajstić information content (AvgIpc) is 3.13. The van der Waals surface area contributed by atoms with E-state index in [0.29, 0.717) is 23.6 Å². The minimum atomic E-state index is -0.000133. The minimum Gasteiger partial charge on any atom is -0.454 e. The highest BCUT2D eigenvalue weighted by molar-refractivity contribution is 7.09. The van der Waals surface area contributed by atoms with Crippen LogP contribution in [0.2, 0.25) is 0 Å². The molecule has 0 spiro atoms. The van der Waals surface area contributed by atoms with Crippen LogP contribution < -0.4 is 9.47 Å². The first kappa shape index (κ1) is 13.0. The number of fused-ring (bicyclic) bond motifs is 1. The molecule has 2 aromatic rings. The van der Waals surface area contributed by atoms with Crippen LogP contribution in [-0.2, 0) is 6.42 Å². The van der Waals surface area contributed by atoms with Crippen molar-refractivity contribution in [3.63, 3.8) is 0 Å². The molecule has 0 aliphatic carbocycles. The third-order valence-electron chi connectivity index (χ3n) is 3.24. The lowest BCUT2D eigenvalue weighted by atomic mass is 10.1. The van der Waals surface area contributed by atoms with E-state index in [4.69, 9.17) is 9.47 Å². The maximum atomic E-state index is 12.3. The van der Waals surface area contributed by atoms with Crippen molar-refractivity contribution in [2.24, 2.45) is 0 Å². The van der Waals surface area contributed by atoms with Crippen LogP contribution in [0.5, 0.6) is 11.5 Å². The van der Waals surface area contributed by atoms with E-state index in [-0.39, 0.29) is 12.7 Å². The Morgan fingerprint density at radius 1 is 1.30 bits per heavy atom. The van der Waals surface area contributed by atoms with Gasteiger partial charge in [0.15, 0.2) is 11.5 Å². The second-order valence-electron chi connectivity index (χ2n) is 4.62. The maximum absolute atomic E-state index is 12.3. The minimum absolute atomic E-state index is 0.000133. The zero-order valence-corrected chi connectivity index (χ0v) is 12.0. The summed E-state index contributed by atoms with van der Waals surface area (Å²) in [6.45, 7) is 0.926. The van der Waals surface area contributed by atoms with Gasteiger partial charge in [0.2, 0.25) is 6.79 Å². The molecule has 1 aliphatic heterocycles. The van der Waals surface area contributed by atoms with Gasteiger partial charge in [-0.15, -0.1) is 11.3 Å². The van der Waals surface area contributed by atoms with Gasteiger partial charge in [0, 0.05) is 24.0 Å². The highest BCUT2D eigenvalue weighted by Gasteiger charge is 2.18. The molecule has 5 heteroatoms. The number of thiophene rings is 1. The Bertz CT molecular complexity index is 610. The second kappa shape index (κ2) is 5.54. The molecule has 0 radical (unpaired) electrons. The standard InChI is InChI=1S/C15H15NO3S/c1-16(7-6-12-3-2-8-20-12)15(17)11-4-5-13-14(9-11)19-10-18-13/h2-5,8-9H,6-7,10H2,1H3. The first-order valence-corrected chi connectivity index (χ1v) is 7.29. The molecule has 3 rings (SSSR count). The van der Waals surface area contributed by atoms with Gasteiger partial charge in [-0.25, -0.2) is 0 Å². The van der Waals surface area contributed by atoms with Crippen molar-refractivity contribution in [3.05, 3.63) is 46.2 Å². The summed E-state index contributed by atoms with van der Waals surface area (Å²) in [6, 6.07) is 9.41. The number of hydrogen-bond donors (Lipinski definition) is 0. The van der Waals surface area contributed by atoms with Crippen molar-refractivity contribution in [3.8, 4) is 11.5 Å². The van der Waals surface area contributed by atoms with Crippen molar-refractivity contribution in [2.75, 3.05) is 20.4 Å². The SMILES string of the molecule is CN(CCc1cccs1)C(=O)c1ccc2c(c1)OCO2. The van der Waals surface area contributed by atoms with E-state index >= 15 is 0 Å². The number of carbonyl (C=O) groups excluding carboxylic acids is 1. The molecule has 0 saturated carbocycles. The quantitative estimate of drug-likeness (QED) is 0.868. The van der Waals surface area contributed by atoms with Gasteiger partial charge in [0.05, 0.1) is 0 Å². The Kier molecular flexibility index (Phi) is 3.60. The highest BCUT2D eigenvalue weighted by Crippen LogP contribution is 2.32. The summed E-state index contributed by atoms with van der Waals surface area (Å²) < 4.78 is 10.5. The summed E-state index contributed by atoms with van der Waals surface area (Å²) in [4.78, 5) is 15.4. The van der Waals surface area contributed by atoms with Gasteiger partial charge in [-0.1, -0.05) is 6.07 Å². The van der Waals surface area contributed by atoms with Gasteiger partial charge < -0.3 is 14.4 Å². The van der Waals surface area contributed by atoms with Crippen LogP contribution in [0.3, 0.4) is 0 Å². The van der Waals surface area contributed by atoms with Gasteiger partial charge in [0.25, 0.3) is 5.91 Å². The molecule has 4 nitrogen and oxygen atoms in total. The number of hydrogen-bond acceptors (Lipinski definition) is 4. The number of amides is 1. The summed E-state index contributed by atoms with van der Waals surface area (Å²) in [7, 11) is 1.82. The van der Waals surface area contributed by atoms with Crippen molar-refractivity contribution in [1.82, 2.24) is 4.90 Å². The lowest BCUT2D eigenvalue weighted by Gasteiger charge is -2.16. The monoisotopic (exact) mass is 289 g/mol. The summed E-state index contributed by atoms with van der Waals surface area (Å²) in [6.07, 6.45) is 0.879. The zero-order valence-electron chi connectivity index (χ0n) is 11.2. The number of nitrogens with zero attached hydrogens (tertiary/aromatic N) is 1. The Balaban J connectivity index is 1.65. The Hall–Kier alpha value is -2.01. The average molecular weight is 289 g/mol. The van der Waals surface area contributed by atoms with Crippen LogP contribution >= 0.6 is 11.3 Å². The lowest BCUT2D eigenvalue weighted by Crippen LogP contribution is -2.28. The van der Waals surface area contributed by atoms with E-state index in [1.54, 1.807) is 34.4 Å². The smallest absolute Gasteiger partial charge is 0.253 e. The summed E-state index contributed by atoms with van der Waals surface area (Å²) in [5.74, 6) is 1.34. The topological polar surface area (TPSA) is 38.8 Å². The Morgan fingerprint density at radius 2 is 2.15 bits per heavy atom. The second-order valence-corrected chi connectivity index (χ2v) is 5.66. The fourth-order valence-corrected chi connectivity index (χ4v) is 2.78. The molecule has 0 N–H and O–H groups in total. The predicted octanol–water partition coefficient (Wildman–Crippen LogP) is 2.79. The van der Waals surface area contributed by atoms with Gasteiger partial charge >= 0.3 is 0 Å². The van der Waals surface area contributed by atoms with Gasteiger partial charge in [-0.3, -0.25) is 4.79 Å². The van der Waals surface area contributed by atoms with E-state index in [1.807, 2.05) is 13.1 Å². The molecule has 1 aliphatic rings. The Morgan fingerprint density at radius 3 is 2.95 bits per heavy atom. The molecule has 0 saturated heterocycles. The molecule has 1 aromatic heterocycles. The van der Waals surface area contributed by atoms with E-state index < -0.39 is 0 Å². The van der Waals surface area contributed by atoms with Gasteiger partial charge in [-0.2, -0.15) is 0 Å². The number of rotatable bonds is 4. The fraction of sp³-hybridized carbons (Fsp3) is 0.267. The summed E-state index contributed by atoms with van der Waals surface area (Å²) >= 11 is 1.71. The molecule has 0 atom stereocenters. The third kappa shape index (κ3) is 2.63. The molecule has 1 amide bonds. The first-order chi connectivity index (χ1) is 9.74. The highest BCUT2D eigenvalue weighted by atomic mass is 32.1. The zero-order chi connectivity index (χ0) is 13.9. The predicted molar refractivity (Wildman–Crippen MR) is 77.5 cm³/mol. The third-order valence-corrected chi connectivity index (χ3v) is 4.18. The number of carbonyl (C=O) groups is 1. The Labute approximate surface area is 121 Å². The maximum Gasteiger partial charge on any atom is 0.253 e. The van der Waals surface area contributed by atoms with Gasteiger partial charge in [0.1, 0.15) is 0 Å². The summed E-state index contributed by atoms with van der Waals surface area (Å²) in [5, 5.41) is 2.05. The lowest BCUT2D eigenvalue weighted by molar-refractivity contribution is 0.0796. The number of ether oxygens (including phenoxy) is 2. The van der Waals surface area contributed by atoms with Gasteiger partial charge in [-0.05, 0) is 36.1 Å². The fourth-order valence-electron chi connectivity index (χ4n) is 2.08. The van der Waals surface area contributed by atoms with Crippen molar-refractivity contribution >= 4 is 17.2 Å². The normalized spacial score (nSPS) is 12.4. The van der Waals surface area contributed by atoms with Crippen molar-refractivity contribution < 1.29 is 14.3 Å².